The van der Waals surface area contributed by atoms with Crippen LogP contribution in [0.4, 0.5) is 5.00 Å². The Kier molecular flexibility index (Phi) is 2.02. The number of aryl methyl sites for hydroxylation is 1. The summed E-state index contributed by atoms with van der Waals surface area (Å²) in [6.07, 6.45) is 1.69. The topological polar surface area (TPSA) is 38.9 Å². The fourth-order valence-electron chi connectivity index (χ4n) is 1.12. The largest absolute Gasteiger partial charge is 0.389 e. The lowest BCUT2D eigenvalue weighted by Gasteiger charge is -1.95. The molecule has 0 radical (unpaired) electrons. The minimum absolute atomic E-state index is 0.760. The van der Waals surface area contributed by atoms with Gasteiger partial charge in [-0.3, -0.25) is 0 Å². The molecule has 2 nitrogen and oxygen atoms in total. The lowest BCUT2D eigenvalue weighted by Crippen LogP contribution is -1.75. The van der Waals surface area contributed by atoms with Gasteiger partial charge >= 0.3 is 0 Å². The molecule has 2 rings (SSSR count). The van der Waals surface area contributed by atoms with E-state index in [-0.39, 0.29) is 0 Å². The molecule has 66 valence electrons. The van der Waals surface area contributed by atoms with Gasteiger partial charge in [0.15, 0.2) is 0 Å². The maximum atomic E-state index is 5.60. The van der Waals surface area contributed by atoms with E-state index in [1.807, 2.05) is 0 Å². The van der Waals surface area contributed by atoms with Crippen molar-refractivity contribution in [3.05, 3.63) is 36.0 Å². The number of nitrogens with two attached hydrogens (primary N) is 1. The van der Waals surface area contributed by atoms with Crippen molar-refractivity contribution in [1.82, 2.24) is 4.98 Å². The average molecular weight is 190 g/mol. The molecule has 3 heteroatoms. The first-order chi connectivity index (χ1) is 6.25. The van der Waals surface area contributed by atoms with E-state index >= 15 is 0 Å². The van der Waals surface area contributed by atoms with E-state index in [0.29, 0.717) is 0 Å². The average Bonchev–Trinajstić information content (AvgIpc) is 2.53. The van der Waals surface area contributed by atoms with Crippen LogP contribution in [-0.4, -0.2) is 4.98 Å². The molecule has 0 aliphatic heterocycles. The van der Waals surface area contributed by atoms with Crippen molar-refractivity contribution in [1.29, 1.82) is 0 Å². The second-order valence-electron chi connectivity index (χ2n) is 2.93. The molecule has 0 amide bonds. The van der Waals surface area contributed by atoms with Gasteiger partial charge < -0.3 is 5.73 Å². The van der Waals surface area contributed by atoms with Crippen LogP contribution in [-0.2, 0) is 0 Å². The van der Waals surface area contributed by atoms with Gasteiger partial charge in [-0.05, 0) is 6.92 Å². The number of benzene rings is 1. The Morgan fingerprint density at radius 3 is 2.46 bits per heavy atom. The van der Waals surface area contributed by atoms with Crippen LogP contribution in [0.1, 0.15) is 5.56 Å². The number of hydrogen-bond donors (Lipinski definition) is 1. The van der Waals surface area contributed by atoms with Gasteiger partial charge in [0.05, 0.1) is 6.20 Å². The van der Waals surface area contributed by atoms with E-state index in [0.717, 1.165) is 15.6 Å². The third-order valence-corrected chi connectivity index (χ3v) is 2.70. The Bertz CT molecular complexity index is 403. The van der Waals surface area contributed by atoms with Gasteiger partial charge in [-0.15, -0.1) is 0 Å². The standard InChI is InChI=1S/C10H10N2S/c1-7-2-4-8(5-3-7)10-12-6-9(11)13-10/h2-6H,11H2,1H3. The molecule has 0 bridgehead atoms. The molecule has 0 saturated heterocycles. The van der Waals surface area contributed by atoms with Gasteiger partial charge in [-0.25, -0.2) is 4.98 Å². The zero-order valence-corrected chi connectivity index (χ0v) is 8.14. The Hall–Kier alpha value is -1.35. The Labute approximate surface area is 81.1 Å². The zero-order chi connectivity index (χ0) is 9.26. The van der Waals surface area contributed by atoms with Crippen LogP contribution in [0.25, 0.3) is 10.6 Å². The molecule has 0 aliphatic rings. The maximum Gasteiger partial charge on any atom is 0.125 e. The number of anilines is 1. The summed E-state index contributed by atoms with van der Waals surface area (Å²) in [5, 5.41) is 1.74. The first-order valence-corrected chi connectivity index (χ1v) is 4.86. The van der Waals surface area contributed by atoms with Crippen LogP contribution < -0.4 is 5.73 Å². The van der Waals surface area contributed by atoms with Crippen molar-refractivity contribution >= 4 is 16.3 Å². The minimum Gasteiger partial charge on any atom is -0.389 e. The number of thiazole rings is 1. The molecule has 13 heavy (non-hydrogen) atoms. The van der Waals surface area contributed by atoms with Crippen LogP contribution in [0.5, 0.6) is 0 Å². The van der Waals surface area contributed by atoms with Crippen LogP contribution in [0.2, 0.25) is 0 Å². The molecule has 2 aromatic rings. The summed E-state index contributed by atoms with van der Waals surface area (Å²) in [4.78, 5) is 4.21. The van der Waals surface area contributed by atoms with Gasteiger partial charge in [0.25, 0.3) is 0 Å². The summed E-state index contributed by atoms with van der Waals surface area (Å²) in [6, 6.07) is 8.28. The molecular weight excluding hydrogens is 180 g/mol. The van der Waals surface area contributed by atoms with Crippen LogP contribution in [0.3, 0.4) is 0 Å². The predicted molar refractivity (Wildman–Crippen MR) is 56.7 cm³/mol. The second kappa shape index (κ2) is 3.18. The summed E-state index contributed by atoms with van der Waals surface area (Å²) in [5.74, 6) is 0. The normalized spacial score (nSPS) is 10.2. The van der Waals surface area contributed by atoms with Crippen LogP contribution in [0.15, 0.2) is 30.5 Å². The minimum atomic E-state index is 0.760. The van der Waals surface area contributed by atoms with Gasteiger partial charge in [0.2, 0.25) is 0 Å². The zero-order valence-electron chi connectivity index (χ0n) is 7.32. The molecular formula is C10H10N2S. The van der Waals surface area contributed by atoms with Gasteiger partial charge in [-0.1, -0.05) is 41.2 Å². The van der Waals surface area contributed by atoms with Crippen molar-refractivity contribution in [3.63, 3.8) is 0 Å². The van der Waals surface area contributed by atoms with E-state index in [9.17, 15) is 0 Å². The number of rotatable bonds is 1. The second-order valence-corrected chi connectivity index (χ2v) is 4.00. The van der Waals surface area contributed by atoms with Crippen molar-refractivity contribution in [2.45, 2.75) is 6.92 Å². The summed E-state index contributed by atoms with van der Waals surface area (Å²) < 4.78 is 0. The van der Waals surface area contributed by atoms with E-state index in [1.165, 1.54) is 16.9 Å². The Morgan fingerprint density at radius 2 is 1.92 bits per heavy atom. The van der Waals surface area contributed by atoms with Crippen molar-refractivity contribution in [2.24, 2.45) is 0 Å². The molecule has 0 unspecified atom stereocenters. The Morgan fingerprint density at radius 1 is 1.23 bits per heavy atom. The molecule has 0 atom stereocenters. The third-order valence-electron chi connectivity index (χ3n) is 1.82. The number of hydrogen-bond acceptors (Lipinski definition) is 3. The molecule has 1 heterocycles. The van der Waals surface area contributed by atoms with E-state index in [2.05, 4.69) is 36.2 Å². The molecule has 2 N–H and O–H groups in total. The van der Waals surface area contributed by atoms with Gasteiger partial charge in [0, 0.05) is 5.56 Å². The maximum absolute atomic E-state index is 5.60. The predicted octanol–water partition coefficient (Wildman–Crippen LogP) is 2.70. The van der Waals surface area contributed by atoms with Gasteiger partial charge in [0.1, 0.15) is 10.0 Å². The fraction of sp³-hybridized carbons (Fsp3) is 0.100. The van der Waals surface area contributed by atoms with E-state index in [4.69, 9.17) is 5.73 Å². The van der Waals surface area contributed by atoms with Crippen LogP contribution in [0, 0.1) is 6.92 Å². The highest BCUT2D eigenvalue weighted by molar-refractivity contribution is 7.18. The Balaban J connectivity index is 2.41. The van der Waals surface area contributed by atoms with E-state index < -0.39 is 0 Å². The summed E-state index contributed by atoms with van der Waals surface area (Å²) in [6.45, 7) is 2.07. The smallest absolute Gasteiger partial charge is 0.125 e. The SMILES string of the molecule is Cc1ccc(-c2ncc(N)s2)cc1. The number of nitrogens with zero attached hydrogens (tertiary/aromatic N) is 1. The lowest BCUT2D eigenvalue weighted by molar-refractivity contribution is 1.40. The first kappa shape index (κ1) is 8.26. The quantitative estimate of drug-likeness (QED) is 0.751. The fourth-order valence-corrected chi connectivity index (χ4v) is 1.80. The molecule has 0 spiro atoms. The van der Waals surface area contributed by atoms with Crippen molar-refractivity contribution in [2.75, 3.05) is 5.73 Å². The van der Waals surface area contributed by atoms with Crippen molar-refractivity contribution in [3.8, 4) is 10.6 Å². The first-order valence-electron chi connectivity index (χ1n) is 4.04. The molecule has 1 aromatic heterocycles. The van der Waals surface area contributed by atoms with Gasteiger partial charge in [-0.2, -0.15) is 0 Å². The summed E-state index contributed by atoms with van der Waals surface area (Å²) in [5.41, 5.74) is 7.99. The highest BCUT2D eigenvalue weighted by Gasteiger charge is 2.01. The van der Waals surface area contributed by atoms with E-state index in [1.54, 1.807) is 6.20 Å². The van der Waals surface area contributed by atoms with Crippen LogP contribution >= 0.6 is 11.3 Å². The molecule has 0 fully saturated rings. The monoisotopic (exact) mass is 190 g/mol. The highest BCUT2D eigenvalue weighted by atomic mass is 32.1. The summed E-state index contributed by atoms with van der Waals surface area (Å²) >= 11 is 1.51. The third kappa shape index (κ3) is 1.70. The highest BCUT2D eigenvalue weighted by Crippen LogP contribution is 2.26. The van der Waals surface area contributed by atoms with Crippen molar-refractivity contribution < 1.29 is 0 Å². The molecule has 0 aliphatic carbocycles. The molecule has 1 aromatic carbocycles. The number of nitrogen functional groups attached to an aromatic ring is 1. The summed E-state index contributed by atoms with van der Waals surface area (Å²) in [7, 11) is 0. The molecule has 0 saturated carbocycles. The number of aromatic nitrogens is 1. The lowest BCUT2D eigenvalue weighted by atomic mass is 10.2.